The highest BCUT2D eigenvalue weighted by Crippen LogP contribution is 2.31. The maximum atomic E-state index is 12.7. The van der Waals surface area contributed by atoms with E-state index in [-0.39, 0.29) is 18.1 Å². The number of carbonyl (C=O) groups excluding carboxylic acids is 1. The molecule has 0 saturated carbocycles. The van der Waals surface area contributed by atoms with Crippen LogP contribution in [0.25, 0.3) is 0 Å². The van der Waals surface area contributed by atoms with Crippen LogP contribution in [0.15, 0.2) is 42.5 Å². The number of amides is 1. The standard InChI is InChI=1S/C22H26N2O3/c23-17-8-11-20-16(13-17)3-1-5-21(20)24-22(25)15-6-9-18(10-7-15)27-14-19-4-2-12-26-19/h6-11,13,19,21H,1-5,12,14,23H2,(H,24,25). The Kier molecular flexibility index (Phi) is 5.30. The molecular weight excluding hydrogens is 340 g/mol. The Morgan fingerprint density at radius 1 is 1.15 bits per heavy atom. The minimum absolute atomic E-state index is 0.0392. The van der Waals surface area contributed by atoms with Gasteiger partial charge in [0.05, 0.1) is 12.1 Å². The van der Waals surface area contributed by atoms with Crippen molar-refractivity contribution in [3.8, 4) is 5.75 Å². The fourth-order valence-electron chi connectivity index (χ4n) is 3.89. The van der Waals surface area contributed by atoms with Crippen molar-refractivity contribution >= 4 is 11.6 Å². The number of nitrogens with two attached hydrogens (primary N) is 1. The molecular formula is C22H26N2O3. The second-order valence-electron chi connectivity index (χ2n) is 7.35. The maximum Gasteiger partial charge on any atom is 0.251 e. The molecule has 2 unspecified atom stereocenters. The highest BCUT2D eigenvalue weighted by molar-refractivity contribution is 5.94. The van der Waals surface area contributed by atoms with E-state index in [1.807, 2.05) is 42.5 Å². The van der Waals surface area contributed by atoms with E-state index in [9.17, 15) is 4.79 Å². The number of hydrogen-bond acceptors (Lipinski definition) is 4. The highest BCUT2D eigenvalue weighted by Gasteiger charge is 2.22. The van der Waals surface area contributed by atoms with E-state index in [4.69, 9.17) is 15.2 Å². The van der Waals surface area contributed by atoms with Gasteiger partial charge in [0.15, 0.2) is 0 Å². The van der Waals surface area contributed by atoms with Gasteiger partial charge in [-0.15, -0.1) is 0 Å². The normalized spacial score (nSPS) is 21.5. The van der Waals surface area contributed by atoms with Crippen LogP contribution in [0.3, 0.4) is 0 Å². The average Bonchev–Trinajstić information content (AvgIpc) is 3.20. The number of anilines is 1. The molecule has 0 radical (unpaired) electrons. The zero-order valence-corrected chi connectivity index (χ0v) is 15.4. The summed E-state index contributed by atoms with van der Waals surface area (Å²) in [6, 6.07) is 13.3. The van der Waals surface area contributed by atoms with Crippen molar-refractivity contribution in [3.05, 3.63) is 59.2 Å². The lowest BCUT2D eigenvalue weighted by Gasteiger charge is -2.26. The van der Waals surface area contributed by atoms with Crippen LogP contribution in [0.2, 0.25) is 0 Å². The summed E-state index contributed by atoms with van der Waals surface area (Å²) in [4.78, 5) is 12.7. The van der Waals surface area contributed by atoms with Gasteiger partial charge in [0.1, 0.15) is 12.4 Å². The quantitative estimate of drug-likeness (QED) is 0.793. The molecule has 2 aliphatic rings. The zero-order valence-electron chi connectivity index (χ0n) is 15.4. The number of rotatable bonds is 5. The van der Waals surface area contributed by atoms with Gasteiger partial charge in [-0.25, -0.2) is 0 Å². The third-order valence-electron chi connectivity index (χ3n) is 5.36. The van der Waals surface area contributed by atoms with E-state index < -0.39 is 0 Å². The Labute approximate surface area is 159 Å². The largest absolute Gasteiger partial charge is 0.491 e. The van der Waals surface area contributed by atoms with E-state index in [1.165, 1.54) is 11.1 Å². The predicted molar refractivity (Wildman–Crippen MR) is 105 cm³/mol. The summed E-state index contributed by atoms with van der Waals surface area (Å²) >= 11 is 0. The maximum absolute atomic E-state index is 12.7. The molecule has 2 aromatic carbocycles. The molecule has 1 aliphatic carbocycles. The van der Waals surface area contributed by atoms with Crippen molar-refractivity contribution in [3.63, 3.8) is 0 Å². The first-order valence-electron chi connectivity index (χ1n) is 9.73. The summed E-state index contributed by atoms with van der Waals surface area (Å²) in [7, 11) is 0. The van der Waals surface area contributed by atoms with Gasteiger partial charge in [-0.1, -0.05) is 6.07 Å². The van der Waals surface area contributed by atoms with Gasteiger partial charge >= 0.3 is 0 Å². The second-order valence-corrected chi connectivity index (χ2v) is 7.35. The second kappa shape index (κ2) is 8.01. The number of fused-ring (bicyclic) bond motifs is 1. The lowest BCUT2D eigenvalue weighted by molar-refractivity contribution is 0.0679. The molecule has 27 heavy (non-hydrogen) atoms. The summed E-state index contributed by atoms with van der Waals surface area (Å²) in [5.41, 5.74) is 9.73. The Morgan fingerprint density at radius 2 is 2.00 bits per heavy atom. The van der Waals surface area contributed by atoms with Crippen molar-refractivity contribution in [2.45, 2.75) is 44.2 Å². The molecule has 1 heterocycles. The summed E-state index contributed by atoms with van der Waals surface area (Å²) in [6.07, 6.45) is 5.36. The first-order chi connectivity index (χ1) is 13.2. The number of carbonyl (C=O) groups is 1. The number of ether oxygens (including phenoxy) is 2. The Balaban J connectivity index is 1.37. The molecule has 1 amide bonds. The number of nitrogen functional groups attached to an aromatic ring is 1. The van der Waals surface area contributed by atoms with E-state index in [0.29, 0.717) is 12.2 Å². The Hall–Kier alpha value is -2.53. The van der Waals surface area contributed by atoms with Gasteiger partial charge in [-0.3, -0.25) is 4.79 Å². The topological polar surface area (TPSA) is 73.6 Å². The number of hydrogen-bond donors (Lipinski definition) is 2. The van der Waals surface area contributed by atoms with Crippen molar-refractivity contribution in [1.82, 2.24) is 5.32 Å². The molecule has 1 aliphatic heterocycles. The van der Waals surface area contributed by atoms with Gasteiger partial charge in [-0.2, -0.15) is 0 Å². The van der Waals surface area contributed by atoms with Crippen LogP contribution < -0.4 is 15.8 Å². The molecule has 5 heteroatoms. The van der Waals surface area contributed by atoms with E-state index in [1.54, 1.807) is 0 Å². The highest BCUT2D eigenvalue weighted by atomic mass is 16.5. The van der Waals surface area contributed by atoms with Crippen LogP contribution in [0.1, 0.15) is 53.2 Å². The minimum Gasteiger partial charge on any atom is -0.491 e. The lowest BCUT2D eigenvalue weighted by atomic mass is 9.87. The van der Waals surface area contributed by atoms with Crippen molar-refractivity contribution < 1.29 is 14.3 Å². The number of benzene rings is 2. The van der Waals surface area contributed by atoms with Gasteiger partial charge < -0.3 is 20.5 Å². The zero-order chi connectivity index (χ0) is 18.6. The first kappa shape index (κ1) is 17.9. The lowest BCUT2D eigenvalue weighted by Crippen LogP contribution is -2.31. The van der Waals surface area contributed by atoms with Crippen molar-refractivity contribution in [1.29, 1.82) is 0 Å². The number of aryl methyl sites for hydroxylation is 1. The summed E-state index contributed by atoms with van der Waals surface area (Å²) in [5.74, 6) is 0.705. The van der Waals surface area contributed by atoms with Gasteiger partial charge in [0.25, 0.3) is 5.91 Å². The van der Waals surface area contributed by atoms with E-state index >= 15 is 0 Å². The molecule has 2 atom stereocenters. The molecule has 0 spiro atoms. The van der Waals surface area contributed by atoms with Crippen LogP contribution in [0.4, 0.5) is 5.69 Å². The summed E-state index contributed by atoms with van der Waals surface area (Å²) < 4.78 is 11.3. The fraction of sp³-hybridized carbons (Fsp3) is 0.409. The van der Waals surface area contributed by atoms with E-state index in [2.05, 4.69) is 5.32 Å². The Morgan fingerprint density at radius 3 is 2.78 bits per heavy atom. The molecule has 1 saturated heterocycles. The third kappa shape index (κ3) is 4.25. The van der Waals surface area contributed by atoms with Crippen LogP contribution in [0.5, 0.6) is 5.75 Å². The molecule has 1 fully saturated rings. The molecule has 142 valence electrons. The average molecular weight is 366 g/mol. The molecule has 0 aromatic heterocycles. The van der Waals surface area contributed by atoms with Crippen molar-refractivity contribution in [2.24, 2.45) is 0 Å². The Bertz CT molecular complexity index is 798. The smallest absolute Gasteiger partial charge is 0.251 e. The third-order valence-corrected chi connectivity index (χ3v) is 5.36. The minimum atomic E-state index is -0.0599. The first-order valence-corrected chi connectivity index (χ1v) is 9.73. The van der Waals surface area contributed by atoms with Gasteiger partial charge in [-0.05, 0) is 79.6 Å². The fourth-order valence-corrected chi connectivity index (χ4v) is 3.89. The monoisotopic (exact) mass is 366 g/mol. The van der Waals surface area contributed by atoms with Gasteiger partial charge in [0.2, 0.25) is 0 Å². The molecule has 0 bridgehead atoms. The van der Waals surface area contributed by atoms with Crippen molar-refractivity contribution in [2.75, 3.05) is 18.9 Å². The predicted octanol–water partition coefficient (Wildman–Crippen LogP) is 3.63. The molecule has 5 nitrogen and oxygen atoms in total. The summed E-state index contributed by atoms with van der Waals surface area (Å²) in [6.45, 7) is 1.39. The number of nitrogens with one attached hydrogen (secondary N) is 1. The van der Waals surface area contributed by atoms with Crippen LogP contribution >= 0.6 is 0 Å². The van der Waals surface area contributed by atoms with Crippen LogP contribution in [-0.4, -0.2) is 25.2 Å². The molecule has 3 N–H and O–H groups in total. The van der Waals surface area contributed by atoms with Crippen LogP contribution in [-0.2, 0) is 11.2 Å². The SMILES string of the molecule is Nc1ccc2c(c1)CCCC2NC(=O)c1ccc(OCC2CCCO2)cc1. The van der Waals surface area contributed by atoms with Gasteiger partial charge in [0, 0.05) is 17.9 Å². The van der Waals surface area contributed by atoms with E-state index in [0.717, 1.165) is 50.1 Å². The molecule has 4 rings (SSSR count). The van der Waals surface area contributed by atoms with Crippen LogP contribution in [0, 0.1) is 0 Å². The molecule has 2 aromatic rings. The summed E-state index contributed by atoms with van der Waals surface area (Å²) in [5, 5.41) is 3.17.